The summed E-state index contributed by atoms with van der Waals surface area (Å²) >= 11 is 0. The normalized spacial score (nSPS) is 11.9. The predicted molar refractivity (Wildman–Crippen MR) is 59.9 cm³/mol. The minimum Gasteiger partial charge on any atom is -0.508 e. The van der Waals surface area contributed by atoms with Crippen molar-refractivity contribution in [2.75, 3.05) is 0 Å². The van der Waals surface area contributed by atoms with Gasteiger partial charge in [-0.2, -0.15) is 0 Å². The van der Waals surface area contributed by atoms with E-state index in [1.807, 2.05) is 6.07 Å². The van der Waals surface area contributed by atoms with Gasteiger partial charge >= 0.3 is 0 Å². The van der Waals surface area contributed by atoms with Crippen molar-refractivity contribution in [3.63, 3.8) is 0 Å². The third-order valence-corrected chi connectivity index (χ3v) is 2.33. The van der Waals surface area contributed by atoms with Crippen molar-refractivity contribution in [2.45, 2.75) is 26.2 Å². The molecule has 0 unspecified atom stereocenters. The number of nitrogens with zero attached hydrogens (tertiary/aromatic N) is 2. The molecule has 1 aromatic heterocycles. The zero-order valence-corrected chi connectivity index (χ0v) is 9.15. The summed E-state index contributed by atoms with van der Waals surface area (Å²) in [5, 5.41) is 10.4. The van der Waals surface area contributed by atoms with Crippen molar-refractivity contribution in [3.8, 4) is 5.75 Å². The van der Waals surface area contributed by atoms with Crippen LogP contribution in [0.5, 0.6) is 5.75 Å². The lowest BCUT2D eigenvalue weighted by Crippen LogP contribution is -2.14. The first kappa shape index (κ1) is 9.90. The van der Waals surface area contributed by atoms with Crippen LogP contribution >= 0.6 is 0 Å². The Morgan fingerprint density at radius 1 is 1.13 bits per heavy atom. The van der Waals surface area contributed by atoms with E-state index >= 15 is 0 Å². The molecule has 0 amide bonds. The molecule has 2 rings (SSSR count). The minimum absolute atomic E-state index is 0.0466. The van der Waals surface area contributed by atoms with Crippen molar-refractivity contribution in [2.24, 2.45) is 0 Å². The van der Waals surface area contributed by atoms with Crippen LogP contribution < -0.4 is 0 Å². The van der Waals surface area contributed by atoms with Gasteiger partial charge in [-0.1, -0.05) is 20.8 Å². The largest absolute Gasteiger partial charge is 0.508 e. The van der Waals surface area contributed by atoms with Gasteiger partial charge in [0, 0.05) is 10.8 Å². The number of fused-ring (bicyclic) bond motifs is 1. The summed E-state index contributed by atoms with van der Waals surface area (Å²) < 4.78 is 0. The lowest BCUT2D eigenvalue weighted by Gasteiger charge is -2.19. The van der Waals surface area contributed by atoms with E-state index in [-0.39, 0.29) is 11.2 Å². The van der Waals surface area contributed by atoms with E-state index in [9.17, 15) is 5.11 Å². The monoisotopic (exact) mass is 202 g/mol. The van der Waals surface area contributed by atoms with Crippen LogP contribution in [0.2, 0.25) is 0 Å². The van der Waals surface area contributed by atoms with E-state index < -0.39 is 0 Å². The van der Waals surface area contributed by atoms with Gasteiger partial charge in [0.1, 0.15) is 12.1 Å². The number of hydrogen-bond acceptors (Lipinski definition) is 3. The van der Waals surface area contributed by atoms with E-state index in [4.69, 9.17) is 0 Å². The highest BCUT2D eigenvalue weighted by molar-refractivity contribution is 5.82. The quantitative estimate of drug-likeness (QED) is 0.714. The van der Waals surface area contributed by atoms with Crippen LogP contribution in [-0.2, 0) is 5.41 Å². The summed E-state index contributed by atoms with van der Waals surface area (Å²) in [6.45, 7) is 6.29. The topological polar surface area (TPSA) is 46.0 Å². The summed E-state index contributed by atoms with van der Waals surface area (Å²) in [6.07, 6.45) is 1.57. The molecule has 0 atom stereocenters. The number of rotatable bonds is 0. The molecule has 1 N–H and O–H groups in total. The summed E-state index contributed by atoms with van der Waals surface area (Å²) in [5.41, 5.74) is 1.78. The van der Waals surface area contributed by atoms with E-state index in [0.29, 0.717) is 0 Å². The van der Waals surface area contributed by atoms with Gasteiger partial charge in [0.05, 0.1) is 11.2 Å². The second-order valence-corrected chi connectivity index (χ2v) is 4.67. The molecule has 0 spiro atoms. The molecule has 0 bridgehead atoms. The predicted octanol–water partition coefficient (Wildman–Crippen LogP) is 2.63. The first-order chi connectivity index (χ1) is 6.98. The fraction of sp³-hybridized carbons (Fsp3) is 0.333. The van der Waals surface area contributed by atoms with Crippen LogP contribution in [0.25, 0.3) is 10.9 Å². The van der Waals surface area contributed by atoms with Crippen LogP contribution in [0, 0.1) is 0 Å². The van der Waals surface area contributed by atoms with E-state index in [2.05, 4.69) is 30.7 Å². The van der Waals surface area contributed by atoms with Gasteiger partial charge in [-0.25, -0.2) is 9.97 Å². The summed E-state index contributed by atoms with van der Waals surface area (Å²) in [5.74, 6) is 0.253. The number of aromatic hydroxyl groups is 1. The molecule has 3 nitrogen and oxygen atoms in total. The highest BCUT2D eigenvalue weighted by Crippen LogP contribution is 2.28. The SMILES string of the molecule is CC(C)(C)c1ncnc2ccc(O)cc12. The van der Waals surface area contributed by atoms with Crippen LogP contribution in [0.3, 0.4) is 0 Å². The maximum atomic E-state index is 9.46. The molecule has 0 saturated heterocycles. The molecule has 2 aromatic rings. The van der Waals surface area contributed by atoms with Crippen molar-refractivity contribution in [1.29, 1.82) is 0 Å². The van der Waals surface area contributed by atoms with Crippen LogP contribution in [0.4, 0.5) is 0 Å². The Balaban J connectivity index is 2.80. The van der Waals surface area contributed by atoms with Crippen molar-refractivity contribution >= 4 is 10.9 Å². The van der Waals surface area contributed by atoms with Gasteiger partial charge in [0.2, 0.25) is 0 Å². The molecular formula is C12H14N2O. The van der Waals surface area contributed by atoms with Gasteiger partial charge in [0.25, 0.3) is 0 Å². The lowest BCUT2D eigenvalue weighted by atomic mass is 9.89. The van der Waals surface area contributed by atoms with Gasteiger partial charge < -0.3 is 5.11 Å². The van der Waals surface area contributed by atoms with Gasteiger partial charge in [-0.3, -0.25) is 0 Å². The highest BCUT2D eigenvalue weighted by Gasteiger charge is 2.18. The Hall–Kier alpha value is -1.64. The fourth-order valence-corrected chi connectivity index (χ4v) is 1.64. The van der Waals surface area contributed by atoms with Gasteiger partial charge in [-0.15, -0.1) is 0 Å². The molecule has 1 aromatic carbocycles. The average Bonchev–Trinajstić information content (AvgIpc) is 2.15. The minimum atomic E-state index is -0.0466. The van der Waals surface area contributed by atoms with Crippen LogP contribution in [0.1, 0.15) is 26.5 Å². The Kier molecular flexibility index (Phi) is 2.11. The number of phenolic OH excluding ortho intramolecular Hbond substituents is 1. The summed E-state index contributed by atoms with van der Waals surface area (Å²) in [7, 11) is 0. The lowest BCUT2D eigenvalue weighted by molar-refractivity contribution is 0.476. The Labute approximate surface area is 88.8 Å². The fourth-order valence-electron chi connectivity index (χ4n) is 1.64. The molecule has 0 radical (unpaired) electrons. The second kappa shape index (κ2) is 3.19. The Morgan fingerprint density at radius 2 is 1.87 bits per heavy atom. The van der Waals surface area contributed by atoms with Crippen molar-refractivity contribution in [1.82, 2.24) is 9.97 Å². The molecule has 1 heterocycles. The molecule has 0 fully saturated rings. The number of aromatic nitrogens is 2. The first-order valence-electron chi connectivity index (χ1n) is 4.93. The summed E-state index contributed by atoms with van der Waals surface area (Å²) in [6, 6.07) is 5.17. The molecular weight excluding hydrogens is 188 g/mol. The van der Waals surface area contributed by atoms with Crippen LogP contribution in [-0.4, -0.2) is 15.1 Å². The molecule has 78 valence electrons. The molecule has 0 aliphatic carbocycles. The van der Waals surface area contributed by atoms with Crippen molar-refractivity contribution < 1.29 is 5.11 Å². The van der Waals surface area contributed by atoms with Gasteiger partial charge in [0.15, 0.2) is 0 Å². The van der Waals surface area contributed by atoms with Crippen molar-refractivity contribution in [3.05, 3.63) is 30.2 Å². The van der Waals surface area contributed by atoms with Gasteiger partial charge in [-0.05, 0) is 18.2 Å². The Bertz CT molecular complexity index is 500. The number of phenols is 1. The maximum Gasteiger partial charge on any atom is 0.116 e. The first-order valence-corrected chi connectivity index (χ1v) is 4.93. The molecule has 15 heavy (non-hydrogen) atoms. The molecule has 3 heteroatoms. The second-order valence-electron chi connectivity index (χ2n) is 4.67. The third kappa shape index (κ3) is 1.77. The average molecular weight is 202 g/mol. The standard InChI is InChI=1S/C12H14N2O/c1-12(2,3)11-9-6-8(15)4-5-10(9)13-7-14-11/h4-7,15H,1-3H3. The van der Waals surface area contributed by atoms with E-state index in [1.54, 1.807) is 18.5 Å². The summed E-state index contributed by atoms with van der Waals surface area (Å²) in [4.78, 5) is 8.47. The number of hydrogen-bond donors (Lipinski definition) is 1. The Morgan fingerprint density at radius 3 is 2.53 bits per heavy atom. The zero-order valence-electron chi connectivity index (χ0n) is 9.15. The molecule has 0 saturated carbocycles. The highest BCUT2D eigenvalue weighted by atomic mass is 16.3. The van der Waals surface area contributed by atoms with Crippen LogP contribution in [0.15, 0.2) is 24.5 Å². The number of benzene rings is 1. The zero-order chi connectivity index (χ0) is 11.1. The molecule has 0 aliphatic heterocycles. The molecule has 0 aliphatic rings. The van der Waals surface area contributed by atoms with E-state index in [0.717, 1.165) is 16.6 Å². The van der Waals surface area contributed by atoms with E-state index in [1.165, 1.54) is 0 Å². The third-order valence-electron chi connectivity index (χ3n) is 2.33. The smallest absolute Gasteiger partial charge is 0.116 e. The maximum absolute atomic E-state index is 9.46.